The Balaban J connectivity index is 1.29. The molecule has 2 aromatic heterocycles. The van der Waals surface area contributed by atoms with Crippen LogP contribution >= 0.6 is 11.3 Å². The molecule has 1 saturated heterocycles. The predicted octanol–water partition coefficient (Wildman–Crippen LogP) is 3.73. The first-order chi connectivity index (χ1) is 15.0. The van der Waals surface area contributed by atoms with Crippen molar-refractivity contribution in [3.63, 3.8) is 0 Å². The highest BCUT2D eigenvalue weighted by Gasteiger charge is 2.55. The fourth-order valence-electron chi connectivity index (χ4n) is 4.60. The summed E-state index contributed by atoms with van der Waals surface area (Å²) in [4.78, 5) is 48.1. The second kappa shape index (κ2) is 7.49. The van der Waals surface area contributed by atoms with Crippen LogP contribution in [0.3, 0.4) is 0 Å². The summed E-state index contributed by atoms with van der Waals surface area (Å²) in [6.07, 6.45) is 3.47. The maximum absolute atomic E-state index is 13.0. The summed E-state index contributed by atoms with van der Waals surface area (Å²) in [6.45, 7) is 1.69. The molecule has 1 aliphatic heterocycles. The number of carbonyl (C=O) groups excluding carboxylic acids is 3. The molecule has 1 aliphatic carbocycles. The number of carbonyl (C=O) groups is 3. The van der Waals surface area contributed by atoms with Crippen molar-refractivity contribution in [3.8, 4) is 10.7 Å². The summed E-state index contributed by atoms with van der Waals surface area (Å²) in [5.74, 6) is 0.136. The van der Waals surface area contributed by atoms with Crippen LogP contribution in [0.5, 0.6) is 0 Å². The number of thiophene rings is 1. The summed E-state index contributed by atoms with van der Waals surface area (Å²) in [7, 11) is 0. The van der Waals surface area contributed by atoms with E-state index >= 15 is 0 Å². The number of urea groups is 1. The molecule has 0 bridgehead atoms. The van der Waals surface area contributed by atoms with Gasteiger partial charge in [0.15, 0.2) is 0 Å². The summed E-state index contributed by atoms with van der Waals surface area (Å²) in [5, 5.41) is 7.65. The van der Waals surface area contributed by atoms with Gasteiger partial charge in [-0.25, -0.2) is 9.78 Å². The number of amides is 4. The first-order valence-electron chi connectivity index (χ1n) is 10.4. The third kappa shape index (κ3) is 3.38. The van der Waals surface area contributed by atoms with Crippen molar-refractivity contribution < 1.29 is 14.4 Å². The monoisotopic (exact) mass is 437 g/mol. The van der Waals surface area contributed by atoms with Crippen molar-refractivity contribution in [2.24, 2.45) is 5.92 Å². The van der Waals surface area contributed by atoms with Crippen LogP contribution in [0.4, 0.5) is 10.5 Å². The van der Waals surface area contributed by atoms with Gasteiger partial charge in [0.05, 0.1) is 15.9 Å². The second-order valence-electron chi connectivity index (χ2n) is 8.28. The molecule has 4 amide bonds. The van der Waals surface area contributed by atoms with Crippen molar-refractivity contribution in [3.05, 3.63) is 35.7 Å². The maximum Gasteiger partial charge on any atom is 0.325 e. The van der Waals surface area contributed by atoms with E-state index in [1.807, 2.05) is 30.5 Å². The van der Waals surface area contributed by atoms with Crippen molar-refractivity contribution in [1.29, 1.82) is 0 Å². The molecule has 1 saturated carbocycles. The normalized spacial score (nSPS) is 23.5. The highest BCUT2D eigenvalue weighted by Crippen LogP contribution is 2.38. The molecular weight excluding hydrogens is 414 g/mol. The molecule has 2 atom stereocenters. The standard InChI is InChI=1S/C22H23N5O3S/c1-13-5-2-3-9-22(13)20(29)27(21(30)26-22)12-18(28)23-14-7-8-15-16(11-14)25-19(24-15)17-6-4-10-31-17/h4,6-8,10-11,13H,2-3,5,9,12H2,1H3,(H,23,28)(H,24,25)(H,26,30). The van der Waals surface area contributed by atoms with Crippen LogP contribution in [-0.2, 0) is 9.59 Å². The maximum atomic E-state index is 13.0. The number of imidazole rings is 1. The molecule has 3 heterocycles. The van der Waals surface area contributed by atoms with Gasteiger partial charge in [0.25, 0.3) is 5.91 Å². The predicted molar refractivity (Wildman–Crippen MR) is 119 cm³/mol. The molecule has 160 valence electrons. The van der Waals surface area contributed by atoms with Crippen LogP contribution in [0, 0.1) is 5.92 Å². The quantitative estimate of drug-likeness (QED) is 0.541. The molecule has 2 unspecified atom stereocenters. The van der Waals surface area contributed by atoms with Gasteiger partial charge in [-0.05, 0) is 48.4 Å². The van der Waals surface area contributed by atoms with E-state index in [-0.39, 0.29) is 18.4 Å². The van der Waals surface area contributed by atoms with Crippen LogP contribution in [0.2, 0.25) is 0 Å². The van der Waals surface area contributed by atoms with Gasteiger partial charge in [0, 0.05) is 5.69 Å². The summed E-state index contributed by atoms with van der Waals surface area (Å²) < 4.78 is 0. The number of hydrogen-bond donors (Lipinski definition) is 3. The van der Waals surface area contributed by atoms with E-state index in [0.29, 0.717) is 12.1 Å². The average molecular weight is 438 g/mol. The highest BCUT2D eigenvalue weighted by molar-refractivity contribution is 7.13. The van der Waals surface area contributed by atoms with Gasteiger partial charge in [-0.2, -0.15) is 0 Å². The fraction of sp³-hybridized carbons (Fsp3) is 0.364. The zero-order valence-electron chi connectivity index (χ0n) is 17.1. The van der Waals surface area contributed by atoms with Crippen LogP contribution in [-0.4, -0.2) is 44.8 Å². The number of imide groups is 1. The lowest BCUT2D eigenvalue weighted by Crippen LogP contribution is -2.54. The number of rotatable bonds is 4. The Kier molecular flexibility index (Phi) is 4.77. The lowest BCUT2D eigenvalue weighted by molar-refractivity contribution is -0.136. The van der Waals surface area contributed by atoms with E-state index in [9.17, 15) is 14.4 Å². The Morgan fingerprint density at radius 2 is 2.19 bits per heavy atom. The number of benzene rings is 1. The Hall–Kier alpha value is -3.20. The number of anilines is 1. The Bertz CT molecular complexity index is 1170. The Morgan fingerprint density at radius 1 is 1.32 bits per heavy atom. The van der Waals surface area contributed by atoms with Crippen molar-refractivity contribution in [2.45, 2.75) is 38.1 Å². The number of nitrogens with one attached hydrogen (secondary N) is 3. The Morgan fingerprint density at radius 3 is 2.97 bits per heavy atom. The van der Waals surface area contributed by atoms with Gasteiger partial charge in [-0.1, -0.05) is 25.8 Å². The van der Waals surface area contributed by atoms with E-state index in [2.05, 4.69) is 20.6 Å². The molecule has 8 nitrogen and oxygen atoms in total. The molecular formula is C22H23N5O3S. The summed E-state index contributed by atoms with van der Waals surface area (Å²) in [5.41, 5.74) is 1.31. The van der Waals surface area contributed by atoms with E-state index in [1.165, 1.54) is 0 Å². The van der Waals surface area contributed by atoms with Gasteiger partial charge < -0.3 is 15.6 Å². The van der Waals surface area contributed by atoms with Crippen LogP contribution in [0.15, 0.2) is 35.7 Å². The fourth-order valence-corrected chi connectivity index (χ4v) is 5.27. The minimum absolute atomic E-state index is 0.0612. The number of fused-ring (bicyclic) bond motifs is 1. The minimum atomic E-state index is -0.858. The van der Waals surface area contributed by atoms with Crippen LogP contribution < -0.4 is 10.6 Å². The van der Waals surface area contributed by atoms with Gasteiger partial charge >= 0.3 is 6.03 Å². The average Bonchev–Trinajstić information content (AvgIpc) is 3.46. The molecule has 3 aromatic rings. The highest BCUT2D eigenvalue weighted by atomic mass is 32.1. The molecule has 2 fully saturated rings. The van der Waals surface area contributed by atoms with E-state index in [4.69, 9.17) is 0 Å². The van der Waals surface area contributed by atoms with Gasteiger partial charge in [-0.3, -0.25) is 14.5 Å². The van der Waals surface area contributed by atoms with E-state index in [0.717, 1.165) is 45.9 Å². The zero-order valence-corrected chi connectivity index (χ0v) is 17.9. The Labute approximate surface area is 183 Å². The topological polar surface area (TPSA) is 107 Å². The lowest BCUT2D eigenvalue weighted by Gasteiger charge is -2.36. The summed E-state index contributed by atoms with van der Waals surface area (Å²) >= 11 is 1.59. The summed E-state index contributed by atoms with van der Waals surface area (Å²) in [6, 6.07) is 8.85. The largest absolute Gasteiger partial charge is 0.337 e. The third-order valence-electron chi connectivity index (χ3n) is 6.32. The minimum Gasteiger partial charge on any atom is -0.337 e. The molecule has 5 rings (SSSR count). The molecule has 1 aromatic carbocycles. The first kappa shape index (κ1) is 19.7. The van der Waals surface area contributed by atoms with E-state index in [1.54, 1.807) is 23.5 Å². The van der Waals surface area contributed by atoms with Gasteiger partial charge in [0.2, 0.25) is 5.91 Å². The second-order valence-corrected chi connectivity index (χ2v) is 9.23. The third-order valence-corrected chi connectivity index (χ3v) is 7.20. The van der Waals surface area contributed by atoms with Crippen molar-refractivity contribution in [2.75, 3.05) is 11.9 Å². The lowest BCUT2D eigenvalue weighted by atomic mass is 9.73. The number of aromatic amines is 1. The molecule has 9 heteroatoms. The molecule has 31 heavy (non-hydrogen) atoms. The molecule has 3 N–H and O–H groups in total. The van der Waals surface area contributed by atoms with Gasteiger partial charge in [-0.15, -0.1) is 11.3 Å². The van der Waals surface area contributed by atoms with Gasteiger partial charge in [0.1, 0.15) is 17.9 Å². The SMILES string of the molecule is CC1CCCCC12NC(=O)N(CC(=O)Nc1ccc3nc(-c4cccs4)[nH]c3c1)C2=O. The van der Waals surface area contributed by atoms with Crippen LogP contribution in [0.25, 0.3) is 21.7 Å². The van der Waals surface area contributed by atoms with Crippen molar-refractivity contribution in [1.82, 2.24) is 20.2 Å². The number of H-pyrrole nitrogens is 1. The molecule has 1 spiro atoms. The smallest absolute Gasteiger partial charge is 0.325 e. The molecule has 0 radical (unpaired) electrons. The van der Waals surface area contributed by atoms with Crippen molar-refractivity contribution >= 4 is 45.9 Å². The number of nitrogens with zero attached hydrogens (tertiary/aromatic N) is 2. The first-order valence-corrected chi connectivity index (χ1v) is 11.3. The van der Waals surface area contributed by atoms with Crippen LogP contribution in [0.1, 0.15) is 32.6 Å². The molecule has 2 aliphatic rings. The zero-order chi connectivity index (χ0) is 21.6. The van der Waals surface area contributed by atoms with E-state index < -0.39 is 17.5 Å². The number of hydrogen-bond acceptors (Lipinski definition) is 5. The number of aromatic nitrogens is 2.